The van der Waals surface area contributed by atoms with Crippen molar-refractivity contribution in [1.82, 2.24) is 0 Å². The van der Waals surface area contributed by atoms with Crippen LogP contribution in [0.1, 0.15) is 32.4 Å². The zero-order chi connectivity index (χ0) is 11.8. The fourth-order valence-corrected chi connectivity index (χ4v) is 3.18. The van der Waals surface area contributed by atoms with E-state index in [9.17, 15) is 5.11 Å². The van der Waals surface area contributed by atoms with E-state index in [4.69, 9.17) is 5.73 Å². The van der Waals surface area contributed by atoms with Gasteiger partial charge in [-0.1, -0.05) is 20.8 Å². The van der Waals surface area contributed by atoms with Gasteiger partial charge in [-0.25, -0.2) is 0 Å². The molecule has 15 heavy (non-hydrogen) atoms. The third-order valence-corrected chi connectivity index (χ3v) is 3.77. The molecular weight excluding hydrogens is 416 g/mol. The van der Waals surface area contributed by atoms with Gasteiger partial charge in [0, 0.05) is 15.2 Å². The van der Waals surface area contributed by atoms with Gasteiger partial charge in [0.15, 0.2) is 0 Å². The SMILES string of the molecule is CC(C)(C)[C@H](N)c1cc(I)cc(I)c1O. The first-order valence-corrected chi connectivity index (χ1v) is 6.82. The maximum atomic E-state index is 9.96. The molecule has 0 amide bonds. The lowest BCUT2D eigenvalue weighted by Gasteiger charge is -2.28. The summed E-state index contributed by atoms with van der Waals surface area (Å²) in [6.07, 6.45) is 0. The Morgan fingerprint density at radius 1 is 1.27 bits per heavy atom. The summed E-state index contributed by atoms with van der Waals surface area (Å²) < 4.78 is 1.96. The Morgan fingerprint density at radius 2 is 1.80 bits per heavy atom. The third kappa shape index (κ3) is 3.20. The Morgan fingerprint density at radius 3 is 2.27 bits per heavy atom. The zero-order valence-electron chi connectivity index (χ0n) is 9.01. The lowest BCUT2D eigenvalue weighted by atomic mass is 9.83. The molecule has 0 saturated heterocycles. The molecule has 3 N–H and O–H groups in total. The van der Waals surface area contributed by atoms with Crippen molar-refractivity contribution in [2.24, 2.45) is 11.1 Å². The molecule has 1 aromatic carbocycles. The van der Waals surface area contributed by atoms with Gasteiger partial charge in [0.05, 0.1) is 3.57 Å². The number of phenols is 1. The molecular formula is C11H15I2NO. The van der Waals surface area contributed by atoms with Crippen LogP contribution in [-0.4, -0.2) is 5.11 Å². The Hall–Kier alpha value is 0.440. The van der Waals surface area contributed by atoms with Gasteiger partial charge >= 0.3 is 0 Å². The summed E-state index contributed by atoms with van der Waals surface area (Å²) >= 11 is 4.36. The number of halogens is 2. The highest BCUT2D eigenvalue weighted by Crippen LogP contribution is 2.38. The van der Waals surface area contributed by atoms with Gasteiger partial charge in [0.25, 0.3) is 0 Å². The Kier molecular flexibility index (Phi) is 4.27. The number of rotatable bonds is 1. The maximum absolute atomic E-state index is 9.96. The molecule has 0 fully saturated rings. The van der Waals surface area contributed by atoms with Crippen LogP contribution >= 0.6 is 45.2 Å². The molecule has 0 spiro atoms. The summed E-state index contributed by atoms with van der Waals surface area (Å²) in [4.78, 5) is 0. The number of aromatic hydroxyl groups is 1. The van der Waals surface area contributed by atoms with Gasteiger partial charge in [-0.3, -0.25) is 0 Å². The summed E-state index contributed by atoms with van der Waals surface area (Å²) in [7, 11) is 0. The molecule has 2 nitrogen and oxygen atoms in total. The van der Waals surface area contributed by atoms with Crippen LogP contribution < -0.4 is 5.73 Å². The minimum atomic E-state index is -0.152. The monoisotopic (exact) mass is 431 g/mol. The average Bonchev–Trinajstić information content (AvgIpc) is 2.08. The number of nitrogens with two attached hydrogens (primary N) is 1. The van der Waals surface area contributed by atoms with E-state index in [0.717, 1.165) is 12.7 Å². The molecule has 0 aliphatic rings. The maximum Gasteiger partial charge on any atom is 0.133 e. The first-order valence-electron chi connectivity index (χ1n) is 4.67. The van der Waals surface area contributed by atoms with E-state index in [1.165, 1.54) is 0 Å². The van der Waals surface area contributed by atoms with E-state index in [2.05, 4.69) is 66.0 Å². The molecule has 84 valence electrons. The summed E-state index contributed by atoms with van der Waals surface area (Å²) in [5, 5.41) is 9.96. The van der Waals surface area contributed by atoms with E-state index < -0.39 is 0 Å². The van der Waals surface area contributed by atoms with Gasteiger partial charge in [-0.15, -0.1) is 0 Å². The van der Waals surface area contributed by atoms with Crippen molar-refractivity contribution in [2.45, 2.75) is 26.8 Å². The lowest BCUT2D eigenvalue weighted by molar-refractivity contribution is 0.317. The van der Waals surface area contributed by atoms with E-state index in [0.29, 0.717) is 5.75 Å². The van der Waals surface area contributed by atoms with Crippen LogP contribution in [0, 0.1) is 12.6 Å². The quantitative estimate of drug-likeness (QED) is 0.668. The van der Waals surface area contributed by atoms with Gasteiger partial charge in [0.2, 0.25) is 0 Å². The lowest BCUT2D eigenvalue weighted by Crippen LogP contribution is -2.26. The normalized spacial score (nSPS) is 14.0. The predicted molar refractivity (Wildman–Crippen MR) is 79.9 cm³/mol. The van der Waals surface area contributed by atoms with E-state index in [1.807, 2.05) is 12.1 Å². The van der Waals surface area contributed by atoms with Crippen molar-refractivity contribution in [1.29, 1.82) is 0 Å². The molecule has 0 aromatic heterocycles. The third-order valence-electron chi connectivity index (χ3n) is 2.33. The smallest absolute Gasteiger partial charge is 0.133 e. The van der Waals surface area contributed by atoms with Gasteiger partial charge in [-0.05, 0) is 62.7 Å². The Balaban J connectivity index is 3.25. The molecule has 1 aromatic rings. The molecule has 0 radical (unpaired) electrons. The molecule has 0 aliphatic carbocycles. The van der Waals surface area contributed by atoms with Crippen molar-refractivity contribution in [3.05, 3.63) is 24.8 Å². The topological polar surface area (TPSA) is 46.2 Å². The highest BCUT2D eigenvalue weighted by molar-refractivity contribution is 14.1. The fourth-order valence-electron chi connectivity index (χ4n) is 1.29. The summed E-state index contributed by atoms with van der Waals surface area (Å²) in [5.74, 6) is 0.318. The van der Waals surface area contributed by atoms with E-state index in [1.54, 1.807) is 0 Å². The Labute approximate surface area is 118 Å². The van der Waals surface area contributed by atoms with Crippen molar-refractivity contribution in [3.63, 3.8) is 0 Å². The molecule has 0 bridgehead atoms. The van der Waals surface area contributed by atoms with E-state index >= 15 is 0 Å². The number of hydrogen-bond donors (Lipinski definition) is 2. The van der Waals surface area contributed by atoms with Crippen molar-refractivity contribution in [3.8, 4) is 5.75 Å². The van der Waals surface area contributed by atoms with Crippen LogP contribution in [0.5, 0.6) is 5.75 Å². The highest BCUT2D eigenvalue weighted by Gasteiger charge is 2.25. The standard InChI is InChI=1S/C11H15I2NO/c1-11(2,3)10(14)7-4-6(12)5-8(13)9(7)15/h4-5,10,15H,14H2,1-3H3/t10-/m1/s1. The molecule has 1 rings (SSSR count). The van der Waals surface area contributed by atoms with E-state index in [-0.39, 0.29) is 11.5 Å². The first-order chi connectivity index (χ1) is 6.73. The molecule has 1 atom stereocenters. The molecule has 4 heteroatoms. The zero-order valence-corrected chi connectivity index (χ0v) is 13.3. The molecule has 0 aliphatic heterocycles. The van der Waals surface area contributed by atoms with Crippen LogP contribution in [-0.2, 0) is 0 Å². The minimum absolute atomic E-state index is 0.0506. The molecule has 0 unspecified atom stereocenters. The fraction of sp³-hybridized carbons (Fsp3) is 0.455. The van der Waals surface area contributed by atoms with Crippen molar-refractivity contribution < 1.29 is 5.11 Å². The van der Waals surface area contributed by atoms with Gasteiger partial charge in [-0.2, -0.15) is 0 Å². The second-order valence-electron chi connectivity index (χ2n) is 4.67. The van der Waals surface area contributed by atoms with Crippen LogP contribution in [0.25, 0.3) is 0 Å². The number of hydrogen-bond acceptors (Lipinski definition) is 2. The molecule has 0 heterocycles. The van der Waals surface area contributed by atoms with Crippen LogP contribution in [0.15, 0.2) is 12.1 Å². The largest absolute Gasteiger partial charge is 0.506 e. The van der Waals surface area contributed by atoms with Crippen molar-refractivity contribution in [2.75, 3.05) is 0 Å². The second kappa shape index (κ2) is 4.75. The number of phenolic OH excluding ortho intramolecular Hbond substituents is 1. The number of benzene rings is 1. The highest BCUT2D eigenvalue weighted by atomic mass is 127. The minimum Gasteiger partial charge on any atom is -0.506 e. The van der Waals surface area contributed by atoms with Crippen molar-refractivity contribution >= 4 is 45.2 Å². The summed E-state index contributed by atoms with van der Waals surface area (Å²) in [5.41, 5.74) is 6.93. The van der Waals surface area contributed by atoms with Crippen LogP contribution in [0.4, 0.5) is 0 Å². The van der Waals surface area contributed by atoms with Crippen LogP contribution in [0.2, 0.25) is 0 Å². The van der Waals surface area contributed by atoms with Gasteiger partial charge < -0.3 is 10.8 Å². The molecule has 0 saturated carbocycles. The van der Waals surface area contributed by atoms with Gasteiger partial charge in [0.1, 0.15) is 5.75 Å². The Bertz CT molecular complexity index is 372. The average molecular weight is 431 g/mol. The first kappa shape index (κ1) is 13.5. The predicted octanol–water partition coefficient (Wildman–Crippen LogP) is 3.65. The second-order valence-corrected chi connectivity index (χ2v) is 7.08. The summed E-state index contributed by atoms with van der Waals surface area (Å²) in [6.45, 7) is 6.22. The van der Waals surface area contributed by atoms with Crippen LogP contribution in [0.3, 0.4) is 0 Å². The summed E-state index contributed by atoms with van der Waals surface area (Å²) in [6, 6.07) is 3.74.